The number of carbonyl (C=O) groups excluding carboxylic acids is 1. The molecular weight excluding hydrogens is 373 g/mol. The Balaban J connectivity index is 1.83. The topological polar surface area (TPSA) is 48.4 Å². The number of pyridine rings is 1. The van der Waals surface area contributed by atoms with Crippen LogP contribution in [0.15, 0.2) is 36.4 Å². The molecule has 0 spiro atoms. The lowest BCUT2D eigenvalue weighted by molar-refractivity contribution is -0.136. The minimum absolute atomic E-state index is 0.185. The molecule has 0 radical (unpaired) electrons. The highest BCUT2D eigenvalue weighted by Crippen LogP contribution is 2.37. The Bertz CT molecular complexity index is 1000. The predicted octanol–water partition coefficient (Wildman–Crippen LogP) is 5.45. The summed E-state index contributed by atoms with van der Waals surface area (Å²) in [7, 11) is 0. The fourth-order valence-corrected chi connectivity index (χ4v) is 3.08. The monoisotopic (exact) mass is 389 g/mol. The fraction of sp³-hybridized carbons (Fsp3) is 0.200. The molecule has 0 saturated heterocycles. The van der Waals surface area contributed by atoms with Crippen molar-refractivity contribution in [1.82, 2.24) is 4.98 Å². The molecule has 0 saturated carbocycles. The molecule has 2 aromatic carbocycles. The number of fused-ring (bicyclic) bond motifs is 1. The SMILES string of the molecule is Cc1ccc(C)c(OCC(=O)Oc2c(Cl)cc(Cl)c3ccc(C)nc23)c1. The summed E-state index contributed by atoms with van der Waals surface area (Å²) in [6.07, 6.45) is 0. The lowest BCUT2D eigenvalue weighted by Crippen LogP contribution is -2.18. The second kappa shape index (κ2) is 7.52. The number of esters is 1. The number of rotatable bonds is 4. The van der Waals surface area contributed by atoms with Gasteiger partial charge in [-0.15, -0.1) is 0 Å². The molecule has 1 aromatic heterocycles. The molecule has 0 unspecified atom stereocenters. The molecule has 0 fully saturated rings. The molecule has 134 valence electrons. The van der Waals surface area contributed by atoms with Gasteiger partial charge in [0.25, 0.3) is 0 Å². The van der Waals surface area contributed by atoms with Crippen LogP contribution in [-0.2, 0) is 4.79 Å². The van der Waals surface area contributed by atoms with Crippen LogP contribution in [0.3, 0.4) is 0 Å². The Morgan fingerprint density at radius 1 is 1.04 bits per heavy atom. The van der Waals surface area contributed by atoms with Crippen molar-refractivity contribution in [3.8, 4) is 11.5 Å². The van der Waals surface area contributed by atoms with Crippen LogP contribution in [0, 0.1) is 20.8 Å². The Hall–Kier alpha value is -2.30. The van der Waals surface area contributed by atoms with E-state index >= 15 is 0 Å². The average Bonchev–Trinajstić information content (AvgIpc) is 2.59. The van der Waals surface area contributed by atoms with Gasteiger partial charge in [0.15, 0.2) is 12.4 Å². The second-order valence-electron chi connectivity index (χ2n) is 6.05. The zero-order valence-electron chi connectivity index (χ0n) is 14.6. The van der Waals surface area contributed by atoms with Crippen LogP contribution in [0.2, 0.25) is 10.0 Å². The van der Waals surface area contributed by atoms with E-state index in [-0.39, 0.29) is 17.4 Å². The highest BCUT2D eigenvalue weighted by atomic mass is 35.5. The first kappa shape index (κ1) is 18.5. The molecule has 3 rings (SSSR count). The van der Waals surface area contributed by atoms with Crippen LogP contribution < -0.4 is 9.47 Å². The molecule has 0 aliphatic carbocycles. The Morgan fingerprint density at radius 2 is 1.81 bits per heavy atom. The zero-order valence-corrected chi connectivity index (χ0v) is 16.1. The highest BCUT2D eigenvalue weighted by molar-refractivity contribution is 6.39. The third kappa shape index (κ3) is 3.92. The average molecular weight is 390 g/mol. The molecule has 0 amide bonds. The van der Waals surface area contributed by atoms with Gasteiger partial charge in [0.2, 0.25) is 0 Å². The van der Waals surface area contributed by atoms with Crippen molar-refractivity contribution in [3.05, 3.63) is 63.3 Å². The quantitative estimate of drug-likeness (QED) is 0.439. The molecule has 0 aliphatic heterocycles. The number of aromatic nitrogens is 1. The molecule has 6 heteroatoms. The minimum Gasteiger partial charge on any atom is -0.482 e. The highest BCUT2D eigenvalue weighted by Gasteiger charge is 2.17. The summed E-state index contributed by atoms with van der Waals surface area (Å²) in [5.74, 6) is 0.257. The molecule has 4 nitrogen and oxygen atoms in total. The maximum atomic E-state index is 12.3. The van der Waals surface area contributed by atoms with Crippen molar-refractivity contribution in [2.45, 2.75) is 20.8 Å². The van der Waals surface area contributed by atoms with Crippen molar-refractivity contribution < 1.29 is 14.3 Å². The summed E-state index contributed by atoms with van der Waals surface area (Å²) in [4.78, 5) is 16.7. The summed E-state index contributed by atoms with van der Waals surface area (Å²) in [6.45, 7) is 5.47. The molecule has 0 aliphatic rings. The van der Waals surface area contributed by atoms with Crippen molar-refractivity contribution in [2.24, 2.45) is 0 Å². The van der Waals surface area contributed by atoms with Gasteiger partial charge in [0.05, 0.1) is 10.0 Å². The minimum atomic E-state index is -0.570. The Morgan fingerprint density at radius 3 is 2.58 bits per heavy atom. The van der Waals surface area contributed by atoms with E-state index in [1.807, 2.05) is 51.1 Å². The van der Waals surface area contributed by atoms with E-state index in [1.165, 1.54) is 6.07 Å². The first-order valence-corrected chi connectivity index (χ1v) is 8.77. The van der Waals surface area contributed by atoms with Crippen LogP contribution in [0.4, 0.5) is 0 Å². The van der Waals surface area contributed by atoms with Crippen molar-refractivity contribution >= 4 is 40.1 Å². The number of benzene rings is 2. The van der Waals surface area contributed by atoms with Crippen LogP contribution in [-0.4, -0.2) is 17.6 Å². The fourth-order valence-electron chi connectivity index (χ4n) is 2.53. The van der Waals surface area contributed by atoms with Gasteiger partial charge in [-0.25, -0.2) is 9.78 Å². The lowest BCUT2D eigenvalue weighted by atomic mass is 10.1. The predicted molar refractivity (Wildman–Crippen MR) is 104 cm³/mol. The first-order chi connectivity index (χ1) is 12.3. The normalized spacial score (nSPS) is 10.8. The molecule has 0 bridgehead atoms. The maximum absolute atomic E-state index is 12.3. The number of carbonyl (C=O) groups is 1. The maximum Gasteiger partial charge on any atom is 0.349 e. The number of nitrogens with zero attached hydrogens (tertiary/aromatic N) is 1. The van der Waals surface area contributed by atoms with Gasteiger partial charge >= 0.3 is 5.97 Å². The third-order valence-electron chi connectivity index (χ3n) is 3.88. The van der Waals surface area contributed by atoms with E-state index in [9.17, 15) is 4.79 Å². The van der Waals surface area contributed by atoms with Crippen LogP contribution in [0.1, 0.15) is 16.8 Å². The van der Waals surface area contributed by atoms with E-state index in [4.69, 9.17) is 32.7 Å². The zero-order chi connectivity index (χ0) is 18.8. The van der Waals surface area contributed by atoms with Gasteiger partial charge in [-0.1, -0.05) is 35.3 Å². The van der Waals surface area contributed by atoms with Crippen molar-refractivity contribution in [3.63, 3.8) is 0 Å². The lowest BCUT2D eigenvalue weighted by Gasteiger charge is -2.12. The van der Waals surface area contributed by atoms with Gasteiger partial charge in [0.1, 0.15) is 11.3 Å². The number of ether oxygens (including phenoxy) is 2. The standard InChI is InChI=1S/C20H17Cl2NO3/c1-11-4-5-12(2)17(8-11)25-10-18(24)26-20-16(22)9-15(21)14-7-6-13(3)23-19(14)20/h4-9H,10H2,1-3H3. The summed E-state index contributed by atoms with van der Waals surface area (Å²) in [5.41, 5.74) is 3.20. The van der Waals surface area contributed by atoms with E-state index < -0.39 is 5.97 Å². The van der Waals surface area contributed by atoms with Gasteiger partial charge in [0, 0.05) is 11.1 Å². The van der Waals surface area contributed by atoms with Crippen LogP contribution in [0.25, 0.3) is 10.9 Å². The Labute approximate surface area is 161 Å². The van der Waals surface area contributed by atoms with Gasteiger partial charge in [-0.2, -0.15) is 0 Å². The smallest absolute Gasteiger partial charge is 0.349 e. The van der Waals surface area contributed by atoms with E-state index in [0.717, 1.165) is 16.8 Å². The number of halogens is 2. The third-order valence-corrected chi connectivity index (χ3v) is 4.48. The summed E-state index contributed by atoms with van der Waals surface area (Å²) in [5, 5.41) is 1.34. The molecule has 3 aromatic rings. The largest absolute Gasteiger partial charge is 0.482 e. The molecule has 26 heavy (non-hydrogen) atoms. The van der Waals surface area contributed by atoms with Crippen molar-refractivity contribution in [1.29, 1.82) is 0 Å². The summed E-state index contributed by atoms with van der Waals surface area (Å²) >= 11 is 12.4. The van der Waals surface area contributed by atoms with Gasteiger partial charge in [-0.05, 0) is 56.2 Å². The Kier molecular flexibility index (Phi) is 5.35. The van der Waals surface area contributed by atoms with Crippen LogP contribution in [0.5, 0.6) is 11.5 Å². The number of aryl methyl sites for hydroxylation is 3. The van der Waals surface area contributed by atoms with Crippen molar-refractivity contribution in [2.75, 3.05) is 6.61 Å². The molecule has 0 atom stereocenters. The van der Waals surface area contributed by atoms with Gasteiger partial charge in [-0.3, -0.25) is 0 Å². The second-order valence-corrected chi connectivity index (χ2v) is 6.86. The molecule has 1 heterocycles. The number of hydrogen-bond donors (Lipinski definition) is 0. The van der Waals surface area contributed by atoms with Gasteiger partial charge < -0.3 is 9.47 Å². The molecule has 0 N–H and O–H groups in total. The first-order valence-electron chi connectivity index (χ1n) is 8.01. The van der Waals surface area contributed by atoms with E-state index in [0.29, 0.717) is 21.7 Å². The molecular formula is C20H17Cl2NO3. The van der Waals surface area contributed by atoms with E-state index in [2.05, 4.69) is 4.98 Å². The summed E-state index contributed by atoms with van der Waals surface area (Å²) < 4.78 is 11.0. The van der Waals surface area contributed by atoms with E-state index in [1.54, 1.807) is 0 Å². The van der Waals surface area contributed by atoms with Crippen LogP contribution >= 0.6 is 23.2 Å². The number of hydrogen-bond acceptors (Lipinski definition) is 4. The summed E-state index contributed by atoms with van der Waals surface area (Å²) in [6, 6.07) is 11.0.